The van der Waals surface area contributed by atoms with Crippen molar-refractivity contribution in [2.45, 2.75) is 165 Å². The zero-order valence-electron chi connectivity index (χ0n) is 34.4. The van der Waals surface area contributed by atoms with Crippen LogP contribution in [0.4, 0.5) is 0 Å². The minimum atomic E-state index is -1.37. The summed E-state index contributed by atoms with van der Waals surface area (Å²) >= 11 is 0. The van der Waals surface area contributed by atoms with Crippen LogP contribution in [-0.4, -0.2) is 65.8 Å². The molecule has 0 radical (unpaired) electrons. The molecule has 5 aliphatic rings. The molecule has 12 unspecified atom stereocenters. The molecule has 12 atom stereocenters. The van der Waals surface area contributed by atoms with Gasteiger partial charge in [0.15, 0.2) is 0 Å². The van der Waals surface area contributed by atoms with Crippen molar-refractivity contribution in [2.75, 3.05) is 13.2 Å². The zero-order valence-corrected chi connectivity index (χ0v) is 34.4. The zero-order chi connectivity index (χ0) is 39.5. The first-order valence-electron chi connectivity index (χ1n) is 20.4. The van der Waals surface area contributed by atoms with E-state index in [1.165, 1.54) is 12.8 Å². The van der Waals surface area contributed by atoms with Crippen LogP contribution in [0.15, 0.2) is 0 Å². The highest BCUT2D eigenvalue weighted by atomic mass is 16.6. The van der Waals surface area contributed by atoms with Crippen LogP contribution in [0.5, 0.6) is 0 Å². The number of rotatable bonds is 15. The van der Waals surface area contributed by atoms with Crippen molar-refractivity contribution in [1.82, 2.24) is 0 Å². The lowest BCUT2D eigenvalue weighted by atomic mass is 9.53. The molecule has 5 rings (SSSR count). The van der Waals surface area contributed by atoms with Crippen LogP contribution in [0.2, 0.25) is 0 Å². The Morgan fingerprint density at radius 1 is 0.811 bits per heavy atom. The summed E-state index contributed by atoms with van der Waals surface area (Å²) in [5.41, 5.74) is -6.52. The predicted octanol–water partition coefficient (Wildman–Crippen LogP) is 7.97. The first kappa shape index (κ1) is 41.7. The molecule has 4 aliphatic carbocycles. The Hall–Kier alpha value is -2.49. The van der Waals surface area contributed by atoms with Gasteiger partial charge < -0.3 is 24.1 Å². The Kier molecular flexibility index (Phi) is 11.4. The molecule has 10 heteroatoms. The molecule has 1 saturated heterocycles. The third-order valence-electron chi connectivity index (χ3n) is 14.4. The molecule has 1 aliphatic heterocycles. The van der Waals surface area contributed by atoms with Crippen molar-refractivity contribution < 1.29 is 48.0 Å². The van der Waals surface area contributed by atoms with E-state index in [0.29, 0.717) is 43.8 Å². The van der Waals surface area contributed by atoms with E-state index in [0.717, 1.165) is 19.3 Å². The van der Waals surface area contributed by atoms with Crippen molar-refractivity contribution in [3.05, 3.63) is 0 Å². The number of ether oxygens (including phenoxy) is 4. The molecule has 1 N–H and O–H groups in total. The topological polar surface area (TPSA) is 143 Å². The van der Waals surface area contributed by atoms with Gasteiger partial charge in [-0.25, -0.2) is 0 Å². The fourth-order valence-electron chi connectivity index (χ4n) is 12.1. The van der Waals surface area contributed by atoms with Gasteiger partial charge in [0.2, 0.25) is 0 Å². The number of carbonyl (C=O) groups is 5. The van der Waals surface area contributed by atoms with Crippen LogP contribution in [0.25, 0.3) is 0 Å². The summed E-state index contributed by atoms with van der Waals surface area (Å²) in [5.74, 6) is -0.698. The third-order valence-corrected chi connectivity index (χ3v) is 14.4. The summed E-state index contributed by atoms with van der Waals surface area (Å²) in [6.07, 6.45) is 5.56. The molecule has 0 amide bonds. The number of fused-ring (bicyclic) bond motifs is 6. The van der Waals surface area contributed by atoms with E-state index >= 15 is 4.79 Å². The number of carboxylic acid groups (broad SMARTS) is 1. The second-order valence-electron chi connectivity index (χ2n) is 20.5. The molecule has 0 spiro atoms. The number of esters is 3. The van der Waals surface area contributed by atoms with Crippen molar-refractivity contribution in [2.24, 2.45) is 62.6 Å². The Labute approximate surface area is 317 Å². The van der Waals surface area contributed by atoms with Gasteiger partial charge >= 0.3 is 23.9 Å². The maximum atomic E-state index is 15.6. The fourth-order valence-corrected chi connectivity index (χ4v) is 12.1. The highest BCUT2D eigenvalue weighted by molar-refractivity contribution is 5.92. The van der Waals surface area contributed by atoms with E-state index in [4.69, 9.17) is 18.9 Å². The van der Waals surface area contributed by atoms with Crippen LogP contribution in [0.1, 0.15) is 147 Å². The van der Waals surface area contributed by atoms with Crippen molar-refractivity contribution in [1.29, 1.82) is 0 Å². The average Bonchev–Trinajstić information content (AvgIpc) is 3.82. The number of carboxylic acids is 1. The van der Waals surface area contributed by atoms with E-state index < -0.39 is 56.7 Å². The highest BCUT2D eigenvalue weighted by Crippen LogP contribution is 2.68. The Bertz CT molecular complexity index is 1450. The Balaban J connectivity index is 1.51. The summed E-state index contributed by atoms with van der Waals surface area (Å²) in [4.78, 5) is 69.7. The van der Waals surface area contributed by atoms with Crippen LogP contribution < -0.4 is 0 Å². The maximum Gasteiger partial charge on any atom is 0.312 e. The van der Waals surface area contributed by atoms with Crippen LogP contribution in [0.3, 0.4) is 0 Å². The molecule has 2 bridgehead atoms. The van der Waals surface area contributed by atoms with E-state index in [-0.39, 0.29) is 61.3 Å². The molecule has 0 aromatic rings. The second-order valence-corrected chi connectivity index (χ2v) is 20.5. The van der Waals surface area contributed by atoms with Gasteiger partial charge in [0.05, 0.1) is 34.9 Å². The standard InChI is InChI=1S/C43H68O10/c1-12-40(8,35(46)47)23-42(10,37(49)53-38(3,4)5)24-41(9,34(45)43(11)20-25-17-30(43)28-16-14-15-27(25)28)22-39(6,7)36(48)52-32-19-29-26(21-51-33(29)44)18-31(32)50-13-2/h25-32H,12-24H2,1-11H3,(H,46,47). The van der Waals surface area contributed by atoms with Crippen LogP contribution >= 0.6 is 0 Å². The number of hydrogen-bond donors (Lipinski definition) is 1. The molecule has 10 nitrogen and oxygen atoms in total. The minimum absolute atomic E-state index is 0.0228. The molecular weight excluding hydrogens is 676 g/mol. The molecule has 0 aromatic carbocycles. The quantitative estimate of drug-likeness (QED) is 0.130. The monoisotopic (exact) mass is 744 g/mol. The van der Waals surface area contributed by atoms with Crippen molar-refractivity contribution in [3.63, 3.8) is 0 Å². The average molecular weight is 745 g/mol. The fraction of sp³-hybridized carbons (Fsp3) is 0.884. The molecule has 1 heterocycles. The van der Waals surface area contributed by atoms with Crippen molar-refractivity contribution >= 4 is 29.7 Å². The van der Waals surface area contributed by atoms with Gasteiger partial charge in [0, 0.05) is 29.8 Å². The number of ketones is 1. The molecule has 0 aromatic heterocycles. The largest absolute Gasteiger partial charge is 0.481 e. The highest BCUT2D eigenvalue weighted by Gasteiger charge is 2.65. The summed E-state index contributed by atoms with van der Waals surface area (Å²) in [6.45, 7) is 20.8. The SMILES string of the molecule is CCOC1CC2COC(=O)C2CC1OC(=O)C(C)(C)CC(C)(CC(C)(CC(C)(CC)C(=O)O)C(=O)OC(C)(C)C)C(=O)C1(C)CC2CC1C1CCCC21. The minimum Gasteiger partial charge on any atom is -0.481 e. The van der Waals surface area contributed by atoms with E-state index in [1.54, 1.807) is 55.4 Å². The van der Waals surface area contributed by atoms with Gasteiger partial charge in [0.1, 0.15) is 17.5 Å². The van der Waals surface area contributed by atoms with Gasteiger partial charge in [-0.1, -0.05) is 27.2 Å². The maximum absolute atomic E-state index is 15.6. The number of aliphatic carboxylic acids is 1. The number of hydrogen-bond acceptors (Lipinski definition) is 9. The molecular formula is C43H68O10. The van der Waals surface area contributed by atoms with Crippen LogP contribution in [-0.2, 0) is 42.9 Å². The Morgan fingerprint density at radius 3 is 2.06 bits per heavy atom. The summed E-state index contributed by atoms with van der Waals surface area (Å²) < 4.78 is 23.7. The Morgan fingerprint density at radius 2 is 1.45 bits per heavy atom. The van der Waals surface area contributed by atoms with E-state index in [2.05, 4.69) is 6.92 Å². The molecule has 300 valence electrons. The third kappa shape index (κ3) is 7.96. The first-order chi connectivity index (χ1) is 24.4. The lowest BCUT2D eigenvalue weighted by Gasteiger charge is -2.49. The van der Waals surface area contributed by atoms with Gasteiger partial charge in [-0.2, -0.15) is 0 Å². The predicted molar refractivity (Wildman–Crippen MR) is 198 cm³/mol. The molecule has 5 fully saturated rings. The van der Waals surface area contributed by atoms with Gasteiger partial charge in [-0.3, -0.25) is 24.0 Å². The summed E-state index contributed by atoms with van der Waals surface area (Å²) in [5, 5.41) is 10.4. The van der Waals surface area contributed by atoms with Gasteiger partial charge in [0.25, 0.3) is 0 Å². The lowest BCUT2D eigenvalue weighted by Crippen LogP contribution is -2.53. The lowest BCUT2D eigenvalue weighted by molar-refractivity contribution is -0.180. The van der Waals surface area contributed by atoms with Gasteiger partial charge in [-0.15, -0.1) is 0 Å². The van der Waals surface area contributed by atoms with Crippen LogP contribution in [0, 0.1) is 62.6 Å². The molecule has 53 heavy (non-hydrogen) atoms. The summed E-state index contributed by atoms with van der Waals surface area (Å²) in [6, 6.07) is 0. The summed E-state index contributed by atoms with van der Waals surface area (Å²) in [7, 11) is 0. The smallest absolute Gasteiger partial charge is 0.312 e. The first-order valence-corrected chi connectivity index (χ1v) is 20.4. The van der Waals surface area contributed by atoms with Gasteiger partial charge in [-0.05, 0) is 137 Å². The second kappa shape index (κ2) is 14.5. The number of cyclic esters (lactones) is 1. The number of Topliss-reactive ketones (excluding diaryl/α,β-unsaturated/α-hetero) is 1. The van der Waals surface area contributed by atoms with E-state index in [9.17, 15) is 24.3 Å². The van der Waals surface area contributed by atoms with E-state index in [1.807, 2.05) is 13.8 Å². The molecule has 4 saturated carbocycles. The number of carbonyl (C=O) groups excluding carboxylic acids is 4. The van der Waals surface area contributed by atoms with Crippen molar-refractivity contribution in [3.8, 4) is 0 Å². The normalized spacial score (nSPS) is 35.6.